The minimum atomic E-state index is 0.672. The van der Waals surface area contributed by atoms with Crippen LogP contribution in [-0.4, -0.2) is 31.9 Å². The number of halogens is 2. The van der Waals surface area contributed by atoms with Gasteiger partial charge in [-0.1, -0.05) is 6.07 Å². The predicted octanol–water partition coefficient (Wildman–Crippen LogP) is 4.46. The molecular formula is C13H19Cl2N3. The fourth-order valence-electron chi connectivity index (χ4n) is 1.74. The number of hydrogen-bond acceptors (Lipinski definition) is 3. The van der Waals surface area contributed by atoms with Crippen LogP contribution in [0.4, 0.5) is 11.4 Å². The average molecular weight is 288 g/mol. The number of benzene rings is 1. The second-order valence-electron chi connectivity index (χ2n) is 3.89. The number of rotatable bonds is 8. The summed E-state index contributed by atoms with van der Waals surface area (Å²) in [6.07, 6.45) is 1.92. The zero-order valence-electron chi connectivity index (χ0n) is 10.6. The van der Waals surface area contributed by atoms with E-state index >= 15 is 0 Å². The summed E-state index contributed by atoms with van der Waals surface area (Å²) < 4.78 is 0. The Bertz CT molecular complexity index is 361. The van der Waals surface area contributed by atoms with E-state index in [1.165, 1.54) is 0 Å². The van der Waals surface area contributed by atoms with Crippen molar-refractivity contribution in [1.82, 2.24) is 0 Å². The third-order valence-electron chi connectivity index (χ3n) is 2.53. The average Bonchev–Trinajstić information content (AvgIpc) is 2.40. The van der Waals surface area contributed by atoms with E-state index in [9.17, 15) is 0 Å². The largest absolute Gasteiger partial charge is 0.371 e. The molecule has 0 bridgehead atoms. The van der Waals surface area contributed by atoms with E-state index in [-0.39, 0.29) is 0 Å². The van der Waals surface area contributed by atoms with E-state index < -0.39 is 0 Å². The summed E-state index contributed by atoms with van der Waals surface area (Å²) in [5.74, 6) is 1.34. The molecule has 0 spiro atoms. The van der Waals surface area contributed by atoms with Gasteiger partial charge in [0.25, 0.3) is 0 Å². The second-order valence-corrected chi connectivity index (χ2v) is 4.65. The summed E-state index contributed by atoms with van der Waals surface area (Å²) in [7, 11) is 1.67. The summed E-state index contributed by atoms with van der Waals surface area (Å²) in [5.41, 5.74) is 2.02. The Balaban J connectivity index is 2.78. The highest BCUT2D eigenvalue weighted by Gasteiger charge is 2.06. The molecule has 18 heavy (non-hydrogen) atoms. The van der Waals surface area contributed by atoms with Crippen LogP contribution in [0.2, 0.25) is 0 Å². The van der Waals surface area contributed by atoms with Gasteiger partial charge in [-0.3, -0.25) is 0 Å². The van der Waals surface area contributed by atoms with Crippen molar-refractivity contribution >= 4 is 34.6 Å². The molecule has 0 aromatic heterocycles. The highest BCUT2D eigenvalue weighted by atomic mass is 35.5. The van der Waals surface area contributed by atoms with Crippen LogP contribution in [0, 0.1) is 0 Å². The van der Waals surface area contributed by atoms with E-state index in [1.807, 2.05) is 18.2 Å². The molecule has 0 saturated heterocycles. The van der Waals surface area contributed by atoms with Crippen molar-refractivity contribution in [2.24, 2.45) is 10.2 Å². The number of alkyl halides is 2. The summed E-state index contributed by atoms with van der Waals surface area (Å²) in [5, 5.41) is 7.85. The van der Waals surface area contributed by atoms with Gasteiger partial charge in [-0.05, 0) is 31.0 Å². The number of nitrogens with zero attached hydrogens (tertiary/aromatic N) is 3. The fraction of sp³-hybridized carbons (Fsp3) is 0.538. The van der Waals surface area contributed by atoms with E-state index in [0.717, 1.165) is 37.3 Å². The quantitative estimate of drug-likeness (QED) is 0.512. The summed E-state index contributed by atoms with van der Waals surface area (Å²) in [4.78, 5) is 2.29. The minimum Gasteiger partial charge on any atom is -0.371 e. The maximum atomic E-state index is 5.76. The van der Waals surface area contributed by atoms with E-state index in [1.54, 1.807) is 7.05 Å². The first kappa shape index (κ1) is 15.3. The molecule has 0 unspecified atom stereocenters. The van der Waals surface area contributed by atoms with Gasteiger partial charge in [0, 0.05) is 37.6 Å². The van der Waals surface area contributed by atoms with Crippen molar-refractivity contribution in [3.05, 3.63) is 24.3 Å². The van der Waals surface area contributed by atoms with Gasteiger partial charge in [-0.2, -0.15) is 10.2 Å². The van der Waals surface area contributed by atoms with Crippen LogP contribution in [0.3, 0.4) is 0 Å². The molecule has 1 aromatic carbocycles. The van der Waals surface area contributed by atoms with Gasteiger partial charge >= 0.3 is 0 Å². The molecule has 0 aliphatic carbocycles. The van der Waals surface area contributed by atoms with Gasteiger partial charge in [0.1, 0.15) is 0 Å². The highest BCUT2D eigenvalue weighted by Crippen LogP contribution is 2.22. The number of anilines is 1. The Labute approximate surface area is 119 Å². The molecule has 0 aliphatic heterocycles. The van der Waals surface area contributed by atoms with Crippen molar-refractivity contribution in [1.29, 1.82) is 0 Å². The molecular weight excluding hydrogens is 269 g/mol. The molecule has 0 saturated carbocycles. The van der Waals surface area contributed by atoms with E-state index in [2.05, 4.69) is 21.2 Å². The van der Waals surface area contributed by atoms with Gasteiger partial charge in [0.05, 0.1) is 5.69 Å². The molecule has 100 valence electrons. The van der Waals surface area contributed by atoms with Crippen molar-refractivity contribution in [3.8, 4) is 0 Å². The maximum absolute atomic E-state index is 5.76. The summed E-state index contributed by atoms with van der Waals surface area (Å²) in [6, 6.07) is 8.05. The van der Waals surface area contributed by atoms with Crippen molar-refractivity contribution < 1.29 is 0 Å². The molecule has 0 amide bonds. The lowest BCUT2D eigenvalue weighted by Crippen LogP contribution is -2.26. The van der Waals surface area contributed by atoms with Gasteiger partial charge in [0.15, 0.2) is 0 Å². The molecule has 0 atom stereocenters. The topological polar surface area (TPSA) is 28.0 Å². The Kier molecular flexibility index (Phi) is 7.78. The van der Waals surface area contributed by atoms with Crippen LogP contribution in [0.25, 0.3) is 0 Å². The van der Waals surface area contributed by atoms with Gasteiger partial charge < -0.3 is 4.90 Å². The van der Waals surface area contributed by atoms with Crippen molar-refractivity contribution in [2.45, 2.75) is 12.8 Å². The van der Waals surface area contributed by atoms with Gasteiger partial charge in [-0.25, -0.2) is 0 Å². The molecule has 0 aliphatic rings. The monoisotopic (exact) mass is 287 g/mol. The van der Waals surface area contributed by atoms with E-state index in [0.29, 0.717) is 11.8 Å². The maximum Gasteiger partial charge on any atom is 0.0873 e. The molecule has 0 radical (unpaired) electrons. The molecule has 0 N–H and O–H groups in total. The molecule has 5 heteroatoms. The Morgan fingerprint density at radius 3 is 2.33 bits per heavy atom. The first-order chi connectivity index (χ1) is 8.81. The molecule has 1 rings (SSSR count). The normalized spacial score (nSPS) is 11.1. The lowest BCUT2D eigenvalue weighted by atomic mass is 10.2. The fourth-order valence-corrected chi connectivity index (χ4v) is 1.98. The van der Waals surface area contributed by atoms with Gasteiger partial charge in [0.2, 0.25) is 0 Å². The highest BCUT2D eigenvalue weighted by molar-refractivity contribution is 6.18. The third-order valence-corrected chi connectivity index (χ3v) is 3.07. The van der Waals surface area contributed by atoms with Crippen molar-refractivity contribution in [3.63, 3.8) is 0 Å². The lowest BCUT2D eigenvalue weighted by Gasteiger charge is -2.24. The molecule has 3 nitrogen and oxygen atoms in total. The van der Waals surface area contributed by atoms with Crippen LogP contribution in [-0.2, 0) is 0 Å². The Morgan fingerprint density at radius 2 is 1.78 bits per heavy atom. The van der Waals surface area contributed by atoms with Crippen LogP contribution in [0.15, 0.2) is 34.5 Å². The molecule has 0 fully saturated rings. The zero-order valence-corrected chi connectivity index (χ0v) is 12.2. The van der Waals surface area contributed by atoms with Crippen molar-refractivity contribution in [2.75, 3.05) is 36.8 Å². The van der Waals surface area contributed by atoms with E-state index in [4.69, 9.17) is 23.2 Å². The smallest absolute Gasteiger partial charge is 0.0873 e. The number of azo groups is 1. The number of hydrogen-bond donors (Lipinski definition) is 0. The Hall–Kier alpha value is -0.800. The standard InChI is InChI=1S/C13H19Cl2N3/c1-16-17-12-5-2-6-13(11-12)18(9-3-7-14)10-4-8-15/h2,5-6,11H,3-4,7-10H2,1H3. The predicted molar refractivity (Wildman–Crippen MR) is 79.8 cm³/mol. The van der Waals surface area contributed by atoms with Crippen LogP contribution >= 0.6 is 23.2 Å². The lowest BCUT2D eigenvalue weighted by molar-refractivity contribution is 0.749. The SMILES string of the molecule is CN=Nc1cccc(N(CCCCl)CCCCl)c1. The zero-order chi connectivity index (χ0) is 13.2. The minimum absolute atomic E-state index is 0.672. The van der Waals surface area contributed by atoms with Gasteiger partial charge in [-0.15, -0.1) is 23.2 Å². The molecule has 0 heterocycles. The van der Waals surface area contributed by atoms with Crippen LogP contribution in [0.1, 0.15) is 12.8 Å². The Morgan fingerprint density at radius 1 is 1.11 bits per heavy atom. The molecule has 1 aromatic rings. The first-order valence-electron chi connectivity index (χ1n) is 6.08. The van der Waals surface area contributed by atoms with Crippen LogP contribution < -0.4 is 4.90 Å². The summed E-state index contributed by atoms with van der Waals surface area (Å²) >= 11 is 11.5. The second kappa shape index (κ2) is 9.17. The van der Waals surface area contributed by atoms with Crippen LogP contribution in [0.5, 0.6) is 0 Å². The summed E-state index contributed by atoms with van der Waals surface area (Å²) in [6.45, 7) is 1.88. The first-order valence-corrected chi connectivity index (χ1v) is 7.15. The third kappa shape index (κ3) is 5.23.